The Labute approximate surface area is 104 Å². The largest absolute Gasteiger partial charge is 0.329 e. The van der Waals surface area contributed by atoms with Gasteiger partial charge in [-0.3, -0.25) is 0 Å². The second kappa shape index (κ2) is 5.22. The Balaban J connectivity index is 2.16. The second-order valence-electron chi connectivity index (χ2n) is 4.94. The minimum absolute atomic E-state index is 0.00144. The van der Waals surface area contributed by atoms with Crippen LogP contribution in [0.4, 0.5) is 0 Å². The predicted molar refractivity (Wildman–Crippen MR) is 67.7 cm³/mol. The van der Waals surface area contributed by atoms with Gasteiger partial charge in [0.1, 0.15) is 0 Å². The topological polar surface area (TPSA) is 66.6 Å². The van der Waals surface area contributed by atoms with Crippen molar-refractivity contribution in [1.82, 2.24) is 8.61 Å². The Kier molecular flexibility index (Phi) is 4.07. The molecule has 0 bridgehead atoms. The SMILES string of the molecule is CCN(C1CC1)S(=O)(=O)N1CCCCC1CN. The zero-order valence-corrected chi connectivity index (χ0v) is 11.3. The Bertz CT molecular complexity index is 354. The minimum Gasteiger partial charge on any atom is -0.329 e. The van der Waals surface area contributed by atoms with Crippen molar-refractivity contribution in [3.63, 3.8) is 0 Å². The van der Waals surface area contributed by atoms with Crippen LogP contribution in [-0.4, -0.2) is 48.7 Å². The van der Waals surface area contributed by atoms with Crippen molar-refractivity contribution < 1.29 is 8.42 Å². The normalized spacial score (nSPS) is 27.6. The molecule has 1 heterocycles. The van der Waals surface area contributed by atoms with Gasteiger partial charge in [-0.15, -0.1) is 0 Å². The summed E-state index contributed by atoms with van der Waals surface area (Å²) in [6.07, 6.45) is 4.96. The number of hydrogen-bond donors (Lipinski definition) is 1. The van der Waals surface area contributed by atoms with Gasteiger partial charge in [-0.2, -0.15) is 17.0 Å². The van der Waals surface area contributed by atoms with Gasteiger partial charge >= 0.3 is 0 Å². The maximum atomic E-state index is 12.6. The Morgan fingerprint density at radius 1 is 1.29 bits per heavy atom. The fraction of sp³-hybridized carbons (Fsp3) is 1.00. The summed E-state index contributed by atoms with van der Waals surface area (Å²) in [7, 11) is -3.29. The van der Waals surface area contributed by atoms with Crippen LogP contribution in [-0.2, 0) is 10.2 Å². The van der Waals surface area contributed by atoms with Crippen molar-refractivity contribution in [2.24, 2.45) is 5.73 Å². The average Bonchev–Trinajstić information content (AvgIpc) is 3.14. The number of rotatable bonds is 5. The van der Waals surface area contributed by atoms with Crippen LogP contribution in [0.15, 0.2) is 0 Å². The summed E-state index contributed by atoms with van der Waals surface area (Å²) in [6.45, 7) is 3.55. The van der Waals surface area contributed by atoms with Gasteiger partial charge in [0.2, 0.25) is 0 Å². The number of piperidine rings is 1. The molecule has 1 aliphatic heterocycles. The first-order chi connectivity index (χ1) is 8.11. The predicted octanol–water partition coefficient (Wildman–Crippen LogP) is 0.529. The highest BCUT2D eigenvalue weighted by Crippen LogP contribution is 2.32. The van der Waals surface area contributed by atoms with Crippen molar-refractivity contribution in [3.05, 3.63) is 0 Å². The van der Waals surface area contributed by atoms with Crippen molar-refractivity contribution in [2.75, 3.05) is 19.6 Å². The maximum absolute atomic E-state index is 12.6. The van der Waals surface area contributed by atoms with Crippen LogP contribution in [0.1, 0.15) is 39.0 Å². The highest BCUT2D eigenvalue weighted by atomic mass is 32.2. The first kappa shape index (κ1) is 13.3. The molecule has 0 aromatic heterocycles. The van der Waals surface area contributed by atoms with Crippen molar-refractivity contribution in [1.29, 1.82) is 0 Å². The van der Waals surface area contributed by atoms with E-state index < -0.39 is 10.2 Å². The molecule has 100 valence electrons. The van der Waals surface area contributed by atoms with Crippen LogP contribution in [0, 0.1) is 0 Å². The van der Waals surface area contributed by atoms with E-state index in [2.05, 4.69) is 0 Å². The molecule has 5 nitrogen and oxygen atoms in total. The van der Waals surface area contributed by atoms with Gasteiger partial charge in [-0.05, 0) is 25.7 Å². The lowest BCUT2D eigenvalue weighted by atomic mass is 10.1. The van der Waals surface area contributed by atoms with Crippen molar-refractivity contribution >= 4 is 10.2 Å². The van der Waals surface area contributed by atoms with Gasteiger partial charge < -0.3 is 5.73 Å². The van der Waals surface area contributed by atoms with Crippen molar-refractivity contribution in [2.45, 2.75) is 51.1 Å². The van der Waals surface area contributed by atoms with E-state index in [-0.39, 0.29) is 12.1 Å². The highest BCUT2D eigenvalue weighted by Gasteiger charge is 2.41. The standard InChI is InChI=1S/C11H23N3O2S/c1-2-13(10-6-7-10)17(15,16)14-8-4-3-5-11(14)9-12/h10-11H,2-9,12H2,1H3. The highest BCUT2D eigenvalue weighted by molar-refractivity contribution is 7.86. The van der Waals surface area contributed by atoms with Crippen LogP contribution >= 0.6 is 0 Å². The maximum Gasteiger partial charge on any atom is 0.282 e. The molecule has 1 saturated heterocycles. The van der Waals surface area contributed by atoms with E-state index in [1.54, 1.807) is 8.61 Å². The first-order valence-electron chi connectivity index (χ1n) is 6.60. The molecule has 1 aliphatic carbocycles. The molecule has 0 spiro atoms. The summed E-state index contributed by atoms with van der Waals surface area (Å²) < 4.78 is 28.4. The zero-order valence-electron chi connectivity index (χ0n) is 10.5. The summed E-state index contributed by atoms with van der Waals surface area (Å²) in [4.78, 5) is 0. The molecule has 2 aliphatic rings. The number of nitrogens with two attached hydrogens (primary N) is 1. The van der Waals surface area contributed by atoms with Crippen LogP contribution < -0.4 is 5.73 Å². The lowest BCUT2D eigenvalue weighted by molar-refractivity contribution is 0.235. The van der Waals surface area contributed by atoms with Crippen LogP contribution in [0.3, 0.4) is 0 Å². The fourth-order valence-electron chi connectivity index (χ4n) is 2.62. The molecular weight excluding hydrogens is 238 g/mol. The molecule has 0 radical (unpaired) electrons. The summed E-state index contributed by atoms with van der Waals surface area (Å²) in [5.41, 5.74) is 5.70. The zero-order chi connectivity index (χ0) is 12.5. The van der Waals surface area contributed by atoms with Gasteiger partial charge in [0.05, 0.1) is 0 Å². The third-order valence-electron chi connectivity index (χ3n) is 3.70. The molecule has 2 rings (SSSR count). The van der Waals surface area contributed by atoms with Crippen LogP contribution in [0.2, 0.25) is 0 Å². The summed E-state index contributed by atoms with van der Waals surface area (Å²) in [5, 5.41) is 0. The quantitative estimate of drug-likeness (QED) is 0.785. The molecule has 17 heavy (non-hydrogen) atoms. The van der Waals surface area contributed by atoms with Crippen LogP contribution in [0.5, 0.6) is 0 Å². The monoisotopic (exact) mass is 261 g/mol. The molecule has 0 aromatic carbocycles. The number of nitrogens with zero attached hydrogens (tertiary/aromatic N) is 2. The molecule has 1 saturated carbocycles. The lowest BCUT2D eigenvalue weighted by Gasteiger charge is -2.37. The molecule has 0 aromatic rings. The lowest BCUT2D eigenvalue weighted by Crippen LogP contribution is -2.53. The van der Waals surface area contributed by atoms with E-state index in [4.69, 9.17) is 5.73 Å². The third-order valence-corrected chi connectivity index (χ3v) is 5.93. The van der Waals surface area contributed by atoms with E-state index in [1.165, 1.54) is 0 Å². The second-order valence-corrected chi connectivity index (χ2v) is 6.77. The van der Waals surface area contributed by atoms with Gasteiger partial charge in [-0.25, -0.2) is 0 Å². The Morgan fingerprint density at radius 3 is 2.53 bits per heavy atom. The molecule has 6 heteroatoms. The summed E-state index contributed by atoms with van der Waals surface area (Å²) in [6, 6.07) is 0.243. The van der Waals surface area contributed by atoms with Gasteiger partial charge in [-0.1, -0.05) is 13.3 Å². The van der Waals surface area contributed by atoms with E-state index in [0.717, 1.165) is 32.1 Å². The Morgan fingerprint density at radius 2 is 2.00 bits per heavy atom. The van der Waals surface area contributed by atoms with E-state index >= 15 is 0 Å². The summed E-state index contributed by atoms with van der Waals surface area (Å²) >= 11 is 0. The average molecular weight is 261 g/mol. The van der Waals surface area contributed by atoms with Gasteiger partial charge in [0.15, 0.2) is 0 Å². The van der Waals surface area contributed by atoms with Gasteiger partial charge in [0.25, 0.3) is 10.2 Å². The molecule has 1 atom stereocenters. The number of hydrogen-bond acceptors (Lipinski definition) is 3. The molecule has 2 fully saturated rings. The molecule has 1 unspecified atom stereocenters. The van der Waals surface area contributed by atoms with E-state index in [0.29, 0.717) is 19.6 Å². The molecule has 0 amide bonds. The Hall–Kier alpha value is -0.170. The van der Waals surface area contributed by atoms with Gasteiger partial charge in [0, 0.05) is 31.7 Å². The molecular formula is C11H23N3O2S. The van der Waals surface area contributed by atoms with Crippen LogP contribution in [0.25, 0.3) is 0 Å². The van der Waals surface area contributed by atoms with Crippen molar-refractivity contribution in [3.8, 4) is 0 Å². The van der Waals surface area contributed by atoms with E-state index in [1.807, 2.05) is 6.92 Å². The minimum atomic E-state index is -3.29. The summed E-state index contributed by atoms with van der Waals surface area (Å²) in [5.74, 6) is 0. The smallest absolute Gasteiger partial charge is 0.282 e. The van der Waals surface area contributed by atoms with E-state index in [9.17, 15) is 8.42 Å². The molecule has 2 N–H and O–H groups in total. The third kappa shape index (κ3) is 2.65. The fourth-order valence-corrected chi connectivity index (χ4v) is 4.73. The first-order valence-corrected chi connectivity index (χ1v) is 7.99.